The monoisotopic (exact) mass is 190 g/mol. The number of hydrogen-bond acceptors (Lipinski definition) is 3. The molecule has 2 rings (SSSR count). The highest BCUT2D eigenvalue weighted by atomic mass is 16.5. The summed E-state index contributed by atoms with van der Waals surface area (Å²) < 4.78 is 4.77. The molecule has 1 aliphatic carbocycles. The largest absolute Gasteiger partial charge is 0.428 e. The van der Waals surface area contributed by atoms with E-state index in [-0.39, 0.29) is 11.7 Å². The number of hydrogen-bond donors (Lipinski definition) is 0. The second-order valence-corrected chi connectivity index (χ2v) is 3.47. The van der Waals surface area contributed by atoms with Gasteiger partial charge in [0.1, 0.15) is 5.75 Å². The molecule has 0 saturated carbocycles. The average molecular weight is 190 g/mol. The predicted octanol–water partition coefficient (Wildman–Crippen LogP) is 1.60. The van der Waals surface area contributed by atoms with Crippen LogP contribution in [0.1, 0.15) is 22.8 Å². The summed E-state index contributed by atoms with van der Waals surface area (Å²) in [5.41, 5.74) is 1.55. The molecular formula is C11H10O3. The normalized spacial score (nSPS) is 19.2. The molecular weight excluding hydrogens is 180 g/mol. The van der Waals surface area contributed by atoms with Crippen molar-refractivity contribution in [2.75, 3.05) is 0 Å². The summed E-state index contributed by atoms with van der Waals surface area (Å²) in [6, 6.07) is 5.33. The first-order valence-electron chi connectivity index (χ1n) is 4.50. The summed E-state index contributed by atoms with van der Waals surface area (Å²) in [5.74, 6) is 0.450. The van der Waals surface area contributed by atoms with E-state index < -0.39 is 0 Å². The SMILES string of the molecule is CC1Cc2cccc(OC=O)c2C1=O. The van der Waals surface area contributed by atoms with Crippen LogP contribution in [0.4, 0.5) is 0 Å². The van der Waals surface area contributed by atoms with Crippen LogP contribution in [-0.4, -0.2) is 12.3 Å². The fourth-order valence-corrected chi connectivity index (χ4v) is 1.85. The van der Waals surface area contributed by atoms with Gasteiger partial charge in [-0.3, -0.25) is 9.59 Å². The molecule has 0 saturated heterocycles. The van der Waals surface area contributed by atoms with Crippen LogP contribution < -0.4 is 4.74 Å². The van der Waals surface area contributed by atoms with E-state index in [0.717, 1.165) is 12.0 Å². The number of ketones is 1. The maximum atomic E-state index is 11.7. The molecule has 0 radical (unpaired) electrons. The molecule has 14 heavy (non-hydrogen) atoms. The lowest BCUT2D eigenvalue weighted by atomic mass is 10.1. The number of fused-ring (bicyclic) bond motifs is 1. The molecule has 0 bridgehead atoms. The van der Waals surface area contributed by atoms with Crippen molar-refractivity contribution in [2.45, 2.75) is 13.3 Å². The molecule has 0 heterocycles. The topological polar surface area (TPSA) is 43.4 Å². The zero-order valence-electron chi connectivity index (χ0n) is 7.82. The van der Waals surface area contributed by atoms with Gasteiger partial charge in [0, 0.05) is 5.92 Å². The first-order chi connectivity index (χ1) is 6.74. The second-order valence-electron chi connectivity index (χ2n) is 3.47. The molecule has 3 heteroatoms. The standard InChI is InChI=1S/C11H10O3/c1-7-5-8-3-2-4-9(14-6-12)10(8)11(7)13/h2-4,6-7H,5H2,1H3. The third-order valence-corrected chi connectivity index (χ3v) is 2.51. The first-order valence-corrected chi connectivity index (χ1v) is 4.50. The van der Waals surface area contributed by atoms with Crippen molar-refractivity contribution < 1.29 is 14.3 Å². The van der Waals surface area contributed by atoms with Gasteiger partial charge in [0.05, 0.1) is 5.56 Å². The lowest BCUT2D eigenvalue weighted by molar-refractivity contribution is -0.120. The van der Waals surface area contributed by atoms with E-state index in [9.17, 15) is 9.59 Å². The van der Waals surface area contributed by atoms with Crippen molar-refractivity contribution in [3.05, 3.63) is 29.3 Å². The third-order valence-electron chi connectivity index (χ3n) is 2.51. The minimum absolute atomic E-state index is 0.00130. The number of carbonyl (C=O) groups excluding carboxylic acids is 2. The smallest absolute Gasteiger partial charge is 0.298 e. The van der Waals surface area contributed by atoms with E-state index in [4.69, 9.17) is 4.74 Å². The molecule has 3 nitrogen and oxygen atoms in total. The van der Waals surface area contributed by atoms with Gasteiger partial charge in [-0.25, -0.2) is 0 Å². The van der Waals surface area contributed by atoms with Crippen molar-refractivity contribution >= 4 is 12.3 Å². The molecule has 1 aromatic rings. The Morgan fingerprint density at radius 1 is 1.50 bits per heavy atom. The number of rotatable bonds is 2. The Kier molecular flexibility index (Phi) is 2.08. The van der Waals surface area contributed by atoms with Gasteiger partial charge in [0.15, 0.2) is 5.78 Å². The van der Waals surface area contributed by atoms with Gasteiger partial charge in [-0.2, -0.15) is 0 Å². The Morgan fingerprint density at radius 2 is 2.29 bits per heavy atom. The van der Waals surface area contributed by atoms with Gasteiger partial charge in [-0.1, -0.05) is 19.1 Å². The maximum absolute atomic E-state index is 11.7. The van der Waals surface area contributed by atoms with Gasteiger partial charge < -0.3 is 4.74 Å². The summed E-state index contributed by atoms with van der Waals surface area (Å²) in [6.07, 6.45) is 0.740. The van der Waals surface area contributed by atoms with Crippen LogP contribution in [0.25, 0.3) is 0 Å². The van der Waals surface area contributed by atoms with Gasteiger partial charge in [-0.05, 0) is 18.1 Å². The highest BCUT2D eigenvalue weighted by molar-refractivity contribution is 6.04. The number of Topliss-reactive ketones (excluding diaryl/α,β-unsaturated/α-hetero) is 1. The zero-order chi connectivity index (χ0) is 10.1. The summed E-state index contributed by atoms with van der Waals surface area (Å²) >= 11 is 0. The zero-order valence-corrected chi connectivity index (χ0v) is 7.82. The Morgan fingerprint density at radius 3 is 3.00 bits per heavy atom. The average Bonchev–Trinajstić information content (AvgIpc) is 2.45. The van der Waals surface area contributed by atoms with Crippen molar-refractivity contribution in [1.29, 1.82) is 0 Å². The Hall–Kier alpha value is -1.64. The van der Waals surface area contributed by atoms with Crippen LogP contribution in [0, 0.1) is 5.92 Å². The predicted molar refractivity (Wildman–Crippen MR) is 50.3 cm³/mol. The van der Waals surface area contributed by atoms with E-state index in [2.05, 4.69) is 0 Å². The van der Waals surface area contributed by atoms with Gasteiger partial charge in [0.25, 0.3) is 6.47 Å². The summed E-state index contributed by atoms with van der Waals surface area (Å²) in [4.78, 5) is 21.9. The number of carbonyl (C=O) groups is 2. The van der Waals surface area contributed by atoms with Crippen LogP contribution >= 0.6 is 0 Å². The molecule has 1 aliphatic rings. The van der Waals surface area contributed by atoms with E-state index >= 15 is 0 Å². The molecule has 1 atom stereocenters. The molecule has 1 unspecified atom stereocenters. The Labute approximate surface area is 81.7 Å². The quantitative estimate of drug-likeness (QED) is 0.665. The lowest BCUT2D eigenvalue weighted by Crippen LogP contribution is -2.05. The van der Waals surface area contributed by atoms with Crippen molar-refractivity contribution in [2.24, 2.45) is 5.92 Å². The number of benzene rings is 1. The maximum Gasteiger partial charge on any atom is 0.298 e. The summed E-state index contributed by atoms with van der Waals surface area (Å²) in [7, 11) is 0. The molecule has 0 N–H and O–H groups in total. The summed E-state index contributed by atoms with van der Waals surface area (Å²) in [6.45, 7) is 2.24. The fraction of sp³-hybridized carbons (Fsp3) is 0.273. The molecule has 0 fully saturated rings. The minimum atomic E-state index is 0.00130. The molecule has 0 amide bonds. The molecule has 72 valence electrons. The van der Waals surface area contributed by atoms with Gasteiger partial charge in [-0.15, -0.1) is 0 Å². The van der Waals surface area contributed by atoms with Crippen molar-refractivity contribution in [3.8, 4) is 5.75 Å². The molecule has 0 spiro atoms. The fourth-order valence-electron chi connectivity index (χ4n) is 1.85. The van der Waals surface area contributed by atoms with Crippen LogP contribution in [-0.2, 0) is 11.2 Å². The second kappa shape index (κ2) is 3.25. The van der Waals surface area contributed by atoms with E-state index in [0.29, 0.717) is 17.8 Å². The first kappa shape index (κ1) is 8.94. The van der Waals surface area contributed by atoms with Gasteiger partial charge in [0.2, 0.25) is 0 Å². The van der Waals surface area contributed by atoms with Crippen LogP contribution in [0.5, 0.6) is 5.75 Å². The van der Waals surface area contributed by atoms with Crippen LogP contribution in [0.2, 0.25) is 0 Å². The Balaban J connectivity index is 2.52. The Bertz CT molecular complexity index is 396. The van der Waals surface area contributed by atoms with E-state index in [1.165, 1.54) is 0 Å². The van der Waals surface area contributed by atoms with Crippen LogP contribution in [0.15, 0.2) is 18.2 Å². The van der Waals surface area contributed by atoms with Gasteiger partial charge >= 0.3 is 0 Å². The third kappa shape index (κ3) is 1.21. The van der Waals surface area contributed by atoms with Crippen molar-refractivity contribution in [3.63, 3.8) is 0 Å². The minimum Gasteiger partial charge on any atom is -0.428 e. The molecule has 0 aliphatic heterocycles. The highest BCUT2D eigenvalue weighted by Crippen LogP contribution is 2.33. The van der Waals surface area contributed by atoms with Crippen LogP contribution in [0.3, 0.4) is 0 Å². The number of ether oxygens (including phenoxy) is 1. The van der Waals surface area contributed by atoms with E-state index in [1.54, 1.807) is 12.1 Å². The lowest BCUT2D eigenvalue weighted by Gasteiger charge is -2.03. The summed E-state index contributed by atoms with van der Waals surface area (Å²) in [5, 5.41) is 0. The molecule has 1 aromatic carbocycles. The molecule has 0 aromatic heterocycles. The van der Waals surface area contributed by atoms with Crippen molar-refractivity contribution in [1.82, 2.24) is 0 Å². The van der Waals surface area contributed by atoms with E-state index in [1.807, 2.05) is 13.0 Å². The highest BCUT2D eigenvalue weighted by Gasteiger charge is 2.29.